The fourth-order valence-corrected chi connectivity index (χ4v) is 5.40. The highest BCUT2D eigenvalue weighted by atomic mass is 33.1. The van der Waals surface area contributed by atoms with Crippen LogP contribution in [0.25, 0.3) is 0 Å². The SMILES string of the molecule is CC(C)(CC1CCNCC1)C1CCCC(CSS)C1. The van der Waals surface area contributed by atoms with Crippen molar-refractivity contribution in [3.05, 3.63) is 0 Å². The van der Waals surface area contributed by atoms with E-state index in [-0.39, 0.29) is 0 Å². The molecule has 1 heterocycles. The molecule has 0 aromatic heterocycles. The summed E-state index contributed by atoms with van der Waals surface area (Å²) in [7, 11) is 1.74. The smallest absolute Gasteiger partial charge is 0.00629 e. The highest BCUT2D eigenvalue weighted by Crippen LogP contribution is 2.45. The molecule has 0 amide bonds. The summed E-state index contributed by atoms with van der Waals surface area (Å²) < 4.78 is 0. The molecular formula is C16H31NS2. The van der Waals surface area contributed by atoms with Crippen molar-refractivity contribution in [1.82, 2.24) is 5.32 Å². The first-order chi connectivity index (χ1) is 9.12. The van der Waals surface area contributed by atoms with Crippen LogP contribution in [-0.4, -0.2) is 18.8 Å². The average Bonchev–Trinajstić information content (AvgIpc) is 2.40. The second-order valence-corrected chi connectivity index (χ2v) is 8.78. The Bertz CT molecular complexity index is 259. The Morgan fingerprint density at radius 3 is 2.53 bits per heavy atom. The van der Waals surface area contributed by atoms with Crippen molar-refractivity contribution in [1.29, 1.82) is 0 Å². The summed E-state index contributed by atoms with van der Waals surface area (Å²) in [5.41, 5.74) is 0.544. The zero-order valence-corrected chi connectivity index (χ0v) is 14.4. The van der Waals surface area contributed by atoms with Crippen LogP contribution in [0.5, 0.6) is 0 Å². The molecule has 112 valence electrons. The Hall–Kier alpha value is 0.660. The first kappa shape index (κ1) is 16.0. The Balaban J connectivity index is 1.86. The summed E-state index contributed by atoms with van der Waals surface area (Å²) >= 11 is 4.35. The van der Waals surface area contributed by atoms with E-state index in [0.717, 1.165) is 17.8 Å². The van der Waals surface area contributed by atoms with E-state index in [4.69, 9.17) is 0 Å². The molecule has 1 saturated heterocycles. The first-order valence-corrected chi connectivity index (χ1v) is 10.1. The normalized spacial score (nSPS) is 30.5. The van der Waals surface area contributed by atoms with Crippen molar-refractivity contribution in [2.24, 2.45) is 23.2 Å². The summed E-state index contributed by atoms with van der Waals surface area (Å²) in [5, 5.41) is 3.49. The van der Waals surface area contributed by atoms with E-state index in [1.165, 1.54) is 63.8 Å². The molecule has 1 nitrogen and oxygen atoms in total. The summed E-state index contributed by atoms with van der Waals surface area (Å²) in [6.45, 7) is 7.56. The predicted octanol–water partition coefficient (Wildman–Crippen LogP) is 4.79. The fraction of sp³-hybridized carbons (Fsp3) is 1.00. The second-order valence-electron chi connectivity index (χ2n) is 7.41. The lowest BCUT2D eigenvalue weighted by Gasteiger charge is -2.42. The standard InChI is InChI=1S/C16H31NS2/c1-16(2,11-13-6-8-17-9-7-13)15-5-3-4-14(10-15)12-19-18/h13-15,17-18H,3-12H2,1-2H3. The molecule has 2 rings (SSSR count). The monoisotopic (exact) mass is 301 g/mol. The van der Waals surface area contributed by atoms with Gasteiger partial charge in [-0.3, -0.25) is 0 Å². The summed E-state index contributed by atoms with van der Waals surface area (Å²) in [6, 6.07) is 0. The minimum atomic E-state index is 0.544. The summed E-state index contributed by atoms with van der Waals surface area (Å²) in [6.07, 6.45) is 10.0. The van der Waals surface area contributed by atoms with Gasteiger partial charge in [0, 0.05) is 5.75 Å². The molecule has 19 heavy (non-hydrogen) atoms. The van der Waals surface area contributed by atoms with Gasteiger partial charge in [-0.1, -0.05) is 31.1 Å². The molecule has 3 heteroatoms. The van der Waals surface area contributed by atoms with Gasteiger partial charge in [-0.2, -0.15) is 0 Å². The second kappa shape index (κ2) is 7.61. The third-order valence-electron chi connectivity index (χ3n) is 5.47. The zero-order valence-electron chi connectivity index (χ0n) is 12.7. The highest BCUT2D eigenvalue weighted by Gasteiger charge is 2.35. The molecule has 0 aromatic carbocycles. The lowest BCUT2D eigenvalue weighted by Crippen LogP contribution is -2.35. The van der Waals surface area contributed by atoms with E-state index in [2.05, 4.69) is 30.8 Å². The van der Waals surface area contributed by atoms with E-state index in [9.17, 15) is 0 Å². The Kier molecular flexibility index (Phi) is 6.42. The van der Waals surface area contributed by atoms with Crippen LogP contribution < -0.4 is 5.32 Å². The maximum Gasteiger partial charge on any atom is 0.00629 e. The maximum absolute atomic E-state index is 4.35. The van der Waals surface area contributed by atoms with Crippen LogP contribution >= 0.6 is 22.5 Å². The molecule has 2 atom stereocenters. The minimum absolute atomic E-state index is 0.544. The van der Waals surface area contributed by atoms with Crippen molar-refractivity contribution in [3.8, 4) is 0 Å². The zero-order chi connectivity index (χ0) is 13.7. The lowest BCUT2D eigenvalue weighted by atomic mass is 9.64. The van der Waals surface area contributed by atoms with Crippen LogP contribution in [0.15, 0.2) is 0 Å². The minimum Gasteiger partial charge on any atom is -0.317 e. The largest absolute Gasteiger partial charge is 0.317 e. The Labute approximate surface area is 128 Å². The predicted molar refractivity (Wildman–Crippen MR) is 90.9 cm³/mol. The summed E-state index contributed by atoms with van der Waals surface area (Å²) in [4.78, 5) is 0. The van der Waals surface area contributed by atoms with Crippen molar-refractivity contribution in [2.45, 2.75) is 58.8 Å². The molecule has 1 aliphatic carbocycles. The first-order valence-electron chi connectivity index (χ1n) is 8.09. The van der Waals surface area contributed by atoms with Gasteiger partial charge in [-0.25, -0.2) is 0 Å². The third-order valence-corrected chi connectivity index (χ3v) is 6.54. The van der Waals surface area contributed by atoms with Crippen LogP contribution in [0.2, 0.25) is 0 Å². The van der Waals surface area contributed by atoms with E-state index < -0.39 is 0 Å². The fourth-order valence-electron chi connectivity index (χ4n) is 4.25. The topological polar surface area (TPSA) is 12.0 Å². The van der Waals surface area contributed by atoms with Gasteiger partial charge in [-0.05, 0) is 74.8 Å². The molecule has 2 unspecified atom stereocenters. The average molecular weight is 302 g/mol. The number of piperidine rings is 1. The van der Waals surface area contributed by atoms with E-state index >= 15 is 0 Å². The molecule has 0 bridgehead atoms. The summed E-state index contributed by atoms with van der Waals surface area (Å²) in [5.74, 6) is 4.09. The maximum atomic E-state index is 4.35. The highest BCUT2D eigenvalue weighted by molar-refractivity contribution is 8.68. The van der Waals surface area contributed by atoms with Gasteiger partial charge in [0.25, 0.3) is 0 Å². The van der Waals surface area contributed by atoms with Gasteiger partial charge < -0.3 is 5.32 Å². The van der Waals surface area contributed by atoms with Gasteiger partial charge >= 0.3 is 0 Å². The van der Waals surface area contributed by atoms with Crippen LogP contribution in [-0.2, 0) is 0 Å². The molecule has 1 saturated carbocycles. The molecular weight excluding hydrogens is 270 g/mol. The third kappa shape index (κ3) is 4.86. The molecule has 2 aliphatic rings. The van der Waals surface area contributed by atoms with Crippen molar-refractivity contribution in [3.63, 3.8) is 0 Å². The molecule has 2 fully saturated rings. The Morgan fingerprint density at radius 2 is 1.84 bits per heavy atom. The van der Waals surface area contributed by atoms with Gasteiger partial charge in [-0.15, -0.1) is 11.7 Å². The molecule has 0 radical (unpaired) electrons. The van der Waals surface area contributed by atoms with Gasteiger partial charge in [0.1, 0.15) is 0 Å². The lowest BCUT2D eigenvalue weighted by molar-refractivity contribution is 0.0945. The molecule has 0 spiro atoms. The van der Waals surface area contributed by atoms with Crippen molar-refractivity contribution < 1.29 is 0 Å². The van der Waals surface area contributed by atoms with Gasteiger partial charge in [0.15, 0.2) is 0 Å². The molecule has 1 aliphatic heterocycles. The van der Waals surface area contributed by atoms with Gasteiger partial charge in [0.05, 0.1) is 0 Å². The van der Waals surface area contributed by atoms with Crippen LogP contribution in [0, 0.1) is 23.2 Å². The van der Waals surface area contributed by atoms with E-state index in [1.807, 2.05) is 0 Å². The number of rotatable bonds is 5. The number of hydrogen-bond acceptors (Lipinski definition) is 3. The molecule has 0 aromatic rings. The number of nitrogens with one attached hydrogen (secondary N) is 1. The Morgan fingerprint density at radius 1 is 1.11 bits per heavy atom. The van der Waals surface area contributed by atoms with E-state index in [1.54, 1.807) is 10.8 Å². The van der Waals surface area contributed by atoms with E-state index in [0.29, 0.717) is 5.41 Å². The van der Waals surface area contributed by atoms with Crippen molar-refractivity contribution >= 4 is 22.5 Å². The number of hydrogen-bond donors (Lipinski definition) is 2. The van der Waals surface area contributed by atoms with Crippen LogP contribution in [0.3, 0.4) is 0 Å². The molecule has 1 N–H and O–H groups in total. The van der Waals surface area contributed by atoms with Crippen molar-refractivity contribution in [2.75, 3.05) is 18.8 Å². The van der Waals surface area contributed by atoms with Crippen LogP contribution in [0.1, 0.15) is 58.8 Å². The number of thiol groups is 1. The van der Waals surface area contributed by atoms with Gasteiger partial charge in [0.2, 0.25) is 0 Å². The quantitative estimate of drug-likeness (QED) is 0.559. The van der Waals surface area contributed by atoms with Crippen LogP contribution in [0.4, 0.5) is 0 Å².